The number of hydrogen-bond donors (Lipinski definition) is 2. The van der Waals surface area contributed by atoms with Crippen LogP contribution in [0, 0.1) is 0 Å². The van der Waals surface area contributed by atoms with Gasteiger partial charge in [0, 0.05) is 18.3 Å². The van der Waals surface area contributed by atoms with Crippen LogP contribution in [-0.4, -0.2) is 54.7 Å². The number of esters is 1. The van der Waals surface area contributed by atoms with Gasteiger partial charge in [0.15, 0.2) is 0 Å². The molecule has 200 valence electrons. The zero-order valence-electron chi connectivity index (χ0n) is 21.6. The molecule has 39 heavy (non-hydrogen) atoms. The van der Waals surface area contributed by atoms with Crippen molar-refractivity contribution in [2.45, 2.75) is 19.4 Å². The number of carbonyl (C=O) groups excluding carboxylic acids is 3. The maximum Gasteiger partial charge on any atom is 0.338 e. The van der Waals surface area contributed by atoms with Crippen LogP contribution in [-0.2, 0) is 14.3 Å². The van der Waals surface area contributed by atoms with Crippen molar-refractivity contribution in [3.63, 3.8) is 0 Å². The highest BCUT2D eigenvalue weighted by Gasteiger charge is 2.47. The molecule has 0 aromatic heterocycles. The number of benzene rings is 3. The van der Waals surface area contributed by atoms with Gasteiger partial charge in [0.05, 0.1) is 36.0 Å². The molecule has 1 unspecified atom stereocenters. The highest BCUT2D eigenvalue weighted by molar-refractivity contribution is 6.51. The summed E-state index contributed by atoms with van der Waals surface area (Å²) in [6, 6.07) is 16.4. The van der Waals surface area contributed by atoms with Gasteiger partial charge in [-0.05, 0) is 66.6 Å². The van der Waals surface area contributed by atoms with Crippen LogP contribution in [0.25, 0.3) is 5.76 Å². The van der Waals surface area contributed by atoms with Gasteiger partial charge in [0.2, 0.25) is 0 Å². The average Bonchev–Trinajstić information content (AvgIpc) is 3.21. The quantitative estimate of drug-likeness (QED) is 0.209. The number of likely N-dealkylation sites (N-methyl/N-ethyl adjacent to an activating group) is 1. The van der Waals surface area contributed by atoms with Crippen molar-refractivity contribution in [2.75, 3.05) is 36.6 Å². The van der Waals surface area contributed by atoms with Crippen molar-refractivity contribution in [3.05, 3.63) is 89.0 Å². The van der Waals surface area contributed by atoms with Gasteiger partial charge in [0.25, 0.3) is 11.7 Å². The van der Waals surface area contributed by atoms with Gasteiger partial charge < -0.3 is 24.6 Å². The maximum atomic E-state index is 13.4. The normalized spacial score (nSPS) is 18.1. The van der Waals surface area contributed by atoms with Gasteiger partial charge >= 0.3 is 5.97 Å². The summed E-state index contributed by atoms with van der Waals surface area (Å²) in [6.45, 7) is 3.39. The first-order valence-electron chi connectivity index (χ1n) is 12.7. The molecule has 2 aliphatic rings. The fourth-order valence-electron chi connectivity index (χ4n) is 4.76. The minimum atomic E-state index is -0.978. The second-order valence-electron chi connectivity index (χ2n) is 9.40. The molecule has 2 aliphatic heterocycles. The number of phenolic OH excluding ortho intramolecular Hbond substituents is 1. The number of rotatable bonds is 6. The molecule has 3 aromatic rings. The molecule has 0 bridgehead atoms. The third kappa shape index (κ3) is 4.79. The highest BCUT2D eigenvalue weighted by atomic mass is 16.5. The lowest BCUT2D eigenvalue weighted by molar-refractivity contribution is -0.132. The summed E-state index contributed by atoms with van der Waals surface area (Å²) < 4.78 is 10.9. The third-order valence-electron chi connectivity index (χ3n) is 6.80. The second-order valence-corrected chi connectivity index (χ2v) is 9.40. The number of ether oxygens (including phenoxy) is 2. The van der Waals surface area contributed by atoms with Crippen molar-refractivity contribution in [3.8, 4) is 11.5 Å². The number of hydrogen-bond acceptors (Lipinski definition) is 8. The Morgan fingerprint density at radius 3 is 2.41 bits per heavy atom. The SMILES string of the molecule is CCCOC(=O)c1ccc(N2C(=O)C(=O)/C(=C(\O)c3ccc4c(c3)N(C)CCO4)C2c2ccc(O)cc2)cc1. The summed E-state index contributed by atoms with van der Waals surface area (Å²) in [7, 11) is 1.91. The Kier molecular flexibility index (Phi) is 6.98. The fraction of sp³-hybridized carbons (Fsp3) is 0.233. The minimum Gasteiger partial charge on any atom is -0.508 e. The predicted octanol–water partition coefficient (Wildman–Crippen LogP) is 4.41. The highest BCUT2D eigenvalue weighted by Crippen LogP contribution is 2.43. The number of amides is 1. The molecule has 0 spiro atoms. The predicted molar refractivity (Wildman–Crippen MR) is 145 cm³/mol. The molecule has 5 rings (SSSR count). The van der Waals surface area contributed by atoms with Gasteiger partial charge in [-0.3, -0.25) is 14.5 Å². The molecule has 9 nitrogen and oxygen atoms in total. The lowest BCUT2D eigenvalue weighted by Crippen LogP contribution is -2.29. The molecule has 3 aromatic carbocycles. The summed E-state index contributed by atoms with van der Waals surface area (Å²) in [5.41, 5.74) is 2.22. The van der Waals surface area contributed by atoms with Crippen LogP contribution in [0.3, 0.4) is 0 Å². The van der Waals surface area contributed by atoms with E-state index in [0.717, 1.165) is 5.69 Å². The number of carbonyl (C=O) groups is 3. The van der Waals surface area contributed by atoms with Crippen molar-refractivity contribution < 1.29 is 34.1 Å². The third-order valence-corrected chi connectivity index (χ3v) is 6.80. The Morgan fingerprint density at radius 2 is 1.72 bits per heavy atom. The van der Waals surface area contributed by atoms with Crippen LogP contribution < -0.4 is 14.5 Å². The Bertz CT molecular complexity index is 1460. The molecule has 0 radical (unpaired) electrons. The van der Waals surface area contributed by atoms with Crippen LogP contribution in [0.5, 0.6) is 11.5 Å². The lowest BCUT2D eigenvalue weighted by atomic mass is 9.94. The number of aromatic hydroxyl groups is 1. The first-order chi connectivity index (χ1) is 18.8. The number of Topliss-reactive ketones (excluding diaryl/α,β-unsaturated/α-hetero) is 1. The van der Waals surface area contributed by atoms with E-state index in [1.54, 1.807) is 42.5 Å². The zero-order chi connectivity index (χ0) is 27.7. The van der Waals surface area contributed by atoms with E-state index in [1.165, 1.54) is 29.2 Å². The van der Waals surface area contributed by atoms with Crippen molar-refractivity contribution >= 4 is 34.8 Å². The van der Waals surface area contributed by atoms with Crippen LogP contribution >= 0.6 is 0 Å². The zero-order valence-corrected chi connectivity index (χ0v) is 21.6. The van der Waals surface area contributed by atoms with E-state index in [-0.39, 0.29) is 17.1 Å². The van der Waals surface area contributed by atoms with E-state index in [4.69, 9.17) is 9.47 Å². The number of phenols is 1. The summed E-state index contributed by atoms with van der Waals surface area (Å²) in [5, 5.41) is 21.3. The number of fused-ring (bicyclic) bond motifs is 1. The van der Waals surface area contributed by atoms with E-state index in [2.05, 4.69) is 0 Å². The van der Waals surface area contributed by atoms with Crippen LogP contribution in [0.4, 0.5) is 11.4 Å². The van der Waals surface area contributed by atoms with Crippen molar-refractivity contribution in [2.24, 2.45) is 0 Å². The summed E-state index contributed by atoms with van der Waals surface area (Å²) in [4.78, 5) is 42.4. The molecular formula is C30H28N2O7. The molecule has 1 fully saturated rings. The molecular weight excluding hydrogens is 500 g/mol. The van der Waals surface area contributed by atoms with E-state index >= 15 is 0 Å². The summed E-state index contributed by atoms with van der Waals surface area (Å²) in [6.07, 6.45) is 0.689. The molecule has 1 saturated heterocycles. The Morgan fingerprint density at radius 1 is 1.03 bits per heavy atom. The standard InChI is InChI=1S/C30H28N2O7/c1-3-15-39-30(37)19-4-9-21(10-5-19)32-26(18-6-11-22(33)12-7-18)25(28(35)29(32)36)27(34)20-8-13-24-23(17-20)31(2)14-16-38-24/h4-13,17,26,33-34H,3,14-16H2,1-2H3/b27-25-. The van der Waals surface area contributed by atoms with Gasteiger partial charge in [-0.1, -0.05) is 19.1 Å². The molecule has 2 N–H and O–H groups in total. The summed E-state index contributed by atoms with van der Waals surface area (Å²) >= 11 is 0. The van der Waals surface area contributed by atoms with Crippen LogP contribution in [0.2, 0.25) is 0 Å². The smallest absolute Gasteiger partial charge is 0.338 e. The lowest BCUT2D eigenvalue weighted by Gasteiger charge is -2.28. The van der Waals surface area contributed by atoms with Gasteiger partial charge in [-0.15, -0.1) is 0 Å². The van der Waals surface area contributed by atoms with Gasteiger partial charge in [0.1, 0.15) is 23.9 Å². The first kappa shape index (κ1) is 25.8. The average molecular weight is 529 g/mol. The fourth-order valence-corrected chi connectivity index (χ4v) is 4.76. The minimum absolute atomic E-state index is 0.0170. The van der Waals surface area contributed by atoms with E-state index < -0.39 is 23.7 Å². The topological polar surface area (TPSA) is 117 Å². The van der Waals surface area contributed by atoms with E-state index in [0.29, 0.717) is 54.3 Å². The monoisotopic (exact) mass is 528 g/mol. The van der Waals surface area contributed by atoms with Crippen LogP contribution in [0.15, 0.2) is 72.3 Å². The Hall–Kier alpha value is -4.79. The largest absolute Gasteiger partial charge is 0.508 e. The molecule has 2 heterocycles. The number of anilines is 2. The van der Waals surface area contributed by atoms with Crippen LogP contribution in [0.1, 0.15) is 40.9 Å². The maximum absolute atomic E-state index is 13.4. The van der Waals surface area contributed by atoms with Gasteiger partial charge in [-0.25, -0.2) is 4.79 Å². The number of ketones is 1. The molecule has 9 heteroatoms. The van der Waals surface area contributed by atoms with E-state index in [1.807, 2.05) is 18.9 Å². The second kappa shape index (κ2) is 10.5. The van der Waals surface area contributed by atoms with Crippen molar-refractivity contribution in [1.29, 1.82) is 0 Å². The Labute approximate surface area is 225 Å². The number of nitrogens with zero attached hydrogens (tertiary/aromatic N) is 2. The first-order valence-corrected chi connectivity index (χ1v) is 12.7. The summed E-state index contributed by atoms with van der Waals surface area (Å²) in [5.74, 6) is -1.80. The van der Waals surface area contributed by atoms with Gasteiger partial charge in [-0.2, -0.15) is 0 Å². The van der Waals surface area contributed by atoms with E-state index in [9.17, 15) is 24.6 Å². The molecule has 0 saturated carbocycles. The molecule has 1 atom stereocenters. The molecule has 0 aliphatic carbocycles. The molecule has 1 amide bonds. The number of aliphatic hydroxyl groups is 1. The Balaban J connectivity index is 1.60. The van der Waals surface area contributed by atoms with Crippen molar-refractivity contribution in [1.82, 2.24) is 0 Å². The number of aliphatic hydroxyl groups excluding tert-OH is 1.